The van der Waals surface area contributed by atoms with Crippen molar-refractivity contribution >= 4 is 11.6 Å². The molecule has 30 heavy (non-hydrogen) atoms. The molecule has 10 heteroatoms. The van der Waals surface area contributed by atoms with Crippen molar-refractivity contribution < 1.29 is 9.47 Å². The van der Waals surface area contributed by atoms with E-state index in [0.29, 0.717) is 34.4 Å². The van der Waals surface area contributed by atoms with Gasteiger partial charge < -0.3 is 14.8 Å². The van der Waals surface area contributed by atoms with Crippen LogP contribution < -0.4 is 20.3 Å². The van der Waals surface area contributed by atoms with Crippen molar-refractivity contribution in [1.29, 1.82) is 0 Å². The third-order valence-electron chi connectivity index (χ3n) is 5.05. The summed E-state index contributed by atoms with van der Waals surface area (Å²) in [5, 5.41) is 21.9. The zero-order chi connectivity index (χ0) is 20.7. The van der Waals surface area contributed by atoms with Gasteiger partial charge in [0.2, 0.25) is 5.95 Å². The summed E-state index contributed by atoms with van der Waals surface area (Å²) in [6, 6.07) is 14.5. The van der Waals surface area contributed by atoms with Gasteiger partial charge in [0.15, 0.2) is 0 Å². The van der Waals surface area contributed by atoms with Crippen molar-refractivity contribution in [1.82, 2.24) is 30.4 Å². The van der Waals surface area contributed by atoms with Crippen LogP contribution in [0.2, 0.25) is 0 Å². The maximum Gasteiger partial charge on any atom is 0.288 e. The second-order valence-electron chi connectivity index (χ2n) is 6.64. The van der Waals surface area contributed by atoms with Gasteiger partial charge in [0.25, 0.3) is 5.56 Å². The number of fused-ring (bicyclic) bond motifs is 2. The van der Waals surface area contributed by atoms with Gasteiger partial charge in [-0.15, -0.1) is 0 Å². The Kier molecular flexibility index (Phi) is 4.16. The predicted molar refractivity (Wildman–Crippen MR) is 108 cm³/mol. The Morgan fingerprint density at radius 1 is 1.07 bits per heavy atom. The number of aromatic amines is 1. The number of aromatic nitrogens is 6. The highest BCUT2D eigenvalue weighted by molar-refractivity contribution is 5.76. The molecule has 2 N–H and O–H groups in total. The molecule has 1 aliphatic heterocycles. The topological polar surface area (TPSA) is 120 Å². The van der Waals surface area contributed by atoms with Crippen molar-refractivity contribution in [3.05, 3.63) is 70.0 Å². The third kappa shape index (κ3) is 2.69. The molecule has 1 atom stereocenters. The largest absolute Gasteiger partial charge is 0.497 e. The first-order chi connectivity index (χ1) is 14.7. The second-order valence-corrected chi connectivity index (χ2v) is 6.64. The molecule has 0 aliphatic carbocycles. The molecule has 4 aromatic rings. The number of hydrogen-bond acceptors (Lipinski definition) is 8. The fourth-order valence-corrected chi connectivity index (χ4v) is 3.69. The van der Waals surface area contributed by atoms with Gasteiger partial charge in [-0.05, 0) is 28.6 Å². The van der Waals surface area contributed by atoms with Gasteiger partial charge in [0.1, 0.15) is 23.2 Å². The summed E-state index contributed by atoms with van der Waals surface area (Å²) in [5.74, 6) is 1.59. The number of nitrogens with zero attached hydrogens (tertiary/aromatic N) is 5. The maximum absolute atomic E-state index is 12.7. The van der Waals surface area contributed by atoms with Gasteiger partial charge in [0, 0.05) is 16.7 Å². The van der Waals surface area contributed by atoms with Gasteiger partial charge in [-0.25, -0.2) is 5.10 Å². The lowest BCUT2D eigenvalue weighted by atomic mass is 9.92. The van der Waals surface area contributed by atoms with Crippen molar-refractivity contribution in [3.63, 3.8) is 0 Å². The quantitative estimate of drug-likeness (QED) is 0.468. The number of ether oxygens (including phenoxy) is 2. The first-order valence-electron chi connectivity index (χ1n) is 9.16. The lowest BCUT2D eigenvalue weighted by Gasteiger charge is -2.28. The van der Waals surface area contributed by atoms with E-state index in [1.54, 1.807) is 25.0 Å². The highest BCUT2D eigenvalue weighted by Crippen LogP contribution is 2.44. The van der Waals surface area contributed by atoms with Crippen molar-refractivity contribution in [2.45, 2.75) is 6.04 Å². The Bertz CT molecular complexity index is 1280. The minimum absolute atomic E-state index is 0.334. The summed E-state index contributed by atoms with van der Waals surface area (Å²) >= 11 is 0. The number of rotatable bonds is 4. The van der Waals surface area contributed by atoms with Crippen LogP contribution in [-0.2, 0) is 0 Å². The molecule has 2 aromatic heterocycles. The molecule has 0 saturated carbocycles. The van der Waals surface area contributed by atoms with Gasteiger partial charge in [-0.3, -0.25) is 4.79 Å². The van der Waals surface area contributed by atoms with Crippen LogP contribution >= 0.6 is 0 Å². The summed E-state index contributed by atoms with van der Waals surface area (Å²) in [5.41, 5.74) is 2.78. The molecule has 10 nitrogen and oxygen atoms in total. The van der Waals surface area contributed by atoms with E-state index in [9.17, 15) is 4.79 Å². The zero-order valence-electron chi connectivity index (χ0n) is 16.2. The molecule has 0 spiro atoms. The maximum atomic E-state index is 12.7. The highest BCUT2D eigenvalue weighted by Gasteiger charge is 2.36. The van der Waals surface area contributed by atoms with E-state index in [-0.39, 0.29) is 5.56 Å². The molecule has 5 rings (SSSR count). The summed E-state index contributed by atoms with van der Waals surface area (Å²) in [7, 11) is 3.17. The van der Waals surface area contributed by atoms with Crippen LogP contribution in [0.15, 0.2) is 53.3 Å². The average molecular weight is 403 g/mol. The smallest absolute Gasteiger partial charge is 0.288 e. The van der Waals surface area contributed by atoms with Gasteiger partial charge >= 0.3 is 0 Å². The molecule has 1 unspecified atom stereocenters. The van der Waals surface area contributed by atoms with Gasteiger partial charge in [-0.1, -0.05) is 35.4 Å². The van der Waals surface area contributed by atoms with Crippen LogP contribution in [-0.4, -0.2) is 44.6 Å². The van der Waals surface area contributed by atoms with Crippen molar-refractivity contribution in [2.75, 3.05) is 19.5 Å². The van der Waals surface area contributed by atoms with Crippen LogP contribution in [0.3, 0.4) is 0 Å². The van der Waals surface area contributed by atoms with Gasteiger partial charge in [0.05, 0.1) is 19.9 Å². The van der Waals surface area contributed by atoms with E-state index in [4.69, 9.17) is 9.47 Å². The number of tetrazole rings is 1. The standard InChI is InChI=1S/C20H17N7O3/c1-29-12-8-9-14(30-2)13(10-12)18-15-16(11-6-4-3-5-7-11)22-23-19(28)17(15)21-20-24-25-26-27(18)20/h3-10,18H,1-2H3,(H,23,28)(H,21,24,26). The molecular weight excluding hydrogens is 386 g/mol. The van der Waals surface area contributed by atoms with Gasteiger partial charge in [-0.2, -0.15) is 9.78 Å². The number of anilines is 2. The summed E-state index contributed by atoms with van der Waals surface area (Å²) in [6.45, 7) is 0. The van der Waals surface area contributed by atoms with Crippen LogP contribution in [0.25, 0.3) is 11.3 Å². The Labute approximate surface area is 170 Å². The molecule has 0 saturated heterocycles. The van der Waals surface area contributed by atoms with Crippen molar-refractivity contribution in [2.24, 2.45) is 0 Å². The monoisotopic (exact) mass is 403 g/mol. The Morgan fingerprint density at radius 3 is 2.67 bits per heavy atom. The summed E-state index contributed by atoms with van der Waals surface area (Å²) in [4.78, 5) is 12.7. The zero-order valence-corrected chi connectivity index (χ0v) is 16.2. The molecule has 0 radical (unpaired) electrons. The molecule has 1 aliphatic rings. The van der Waals surface area contributed by atoms with Crippen molar-refractivity contribution in [3.8, 4) is 22.8 Å². The molecule has 0 fully saturated rings. The Morgan fingerprint density at radius 2 is 1.90 bits per heavy atom. The predicted octanol–water partition coefficient (Wildman–Crippen LogP) is 2.14. The Hall–Kier alpha value is -4.21. The molecule has 150 valence electrons. The fourth-order valence-electron chi connectivity index (χ4n) is 3.69. The number of H-pyrrole nitrogens is 1. The van der Waals surface area contributed by atoms with Crippen LogP contribution in [0.4, 0.5) is 11.6 Å². The van der Waals surface area contributed by atoms with E-state index in [1.165, 1.54) is 0 Å². The average Bonchev–Trinajstić information content (AvgIpc) is 3.27. The molecular formula is C20H17N7O3. The SMILES string of the molecule is COc1ccc(OC)c(C2c3c(-c4ccccc4)n[nH]c(=O)c3Nc3nnnn32)c1. The van der Waals surface area contributed by atoms with E-state index >= 15 is 0 Å². The van der Waals surface area contributed by atoms with E-state index in [1.807, 2.05) is 42.5 Å². The highest BCUT2D eigenvalue weighted by atomic mass is 16.5. The number of hydrogen-bond donors (Lipinski definition) is 2. The molecule has 0 bridgehead atoms. The number of nitrogens with one attached hydrogen (secondary N) is 2. The lowest BCUT2D eigenvalue weighted by molar-refractivity contribution is 0.392. The third-order valence-corrected chi connectivity index (χ3v) is 5.05. The summed E-state index contributed by atoms with van der Waals surface area (Å²) < 4.78 is 12.6. The normalized spacial score (nSPS) is 14.4. The molecule has 0 amide bonds. The van der Waals surface area contributed by atoms with E-state index in [0.717, 1.165) is 11.1 Å². The minimum Gasteiger partial charge on any atom is -0.497 e. The molecule has 2 aromatic carbocycles. The Balaban J connectivity index is 1.85. The van der Waals surface area contributed by atoms with E-state index < -0.39 is 6.04 Å². The van der Waals surface area contributed by atoms with Crippen LogP contribution in [0.5, 0.6) is 11.5 Å². The molecule has 3 heterocycles. The van der Waals surface area contributed by atoms with E-state index in [2.05, 4.69) is 31.0 Å². The number of methoxy groups -OCH3 is 2. The fraction of sp³-hybridized carbons (Fsp3) is 0.150. The number of benzene rings is 2. The van der Waals surface area contributed by atoms with Crippen LogP contribution in [0, 0.1) is 0 Å². The summed E-state index contributed by atoms with van der Waals surface area (Å²) in [6.07, 6.45) is 0. The lowest BCUT2D eigenvalue weighted by Crippen LogP contribution is -2.29. The second kappa shape index (κ2) is 6.99. The van der Waals surface area contributed by atoms with Crippen LogP contribution in [0.1, 0.15) is 17.2 Å². The first-order valence-corrected chi connectivity index (χ1v) is 9.16. The first kappa shape index (κ1) is 17.9. The minimum atomic E-state index is -0.568.